The van der Waals surface area contributed by atoms with Gasteiger partial charge in [0, 0.05) is 33.0 Å². The van der Waals surface area contributed by atoms with Gasteiger partial charge in [-0.2, -0.15) is 0 Å². The molecule has 5 heteroatoms. The smallest absolute Gasteiger partial charge is 0.0992 e. The lowest BCUT2D eigenvalue weighted by Gasteiger charge is -2.18. The molecule has 1 aromatic heterocycles. The molecule has 0 amide bonds. The van der Waals surface area contributed by atoms with Crippen LogP contribution in [-0.4, -0.2) is 9.55 Å². The molecule has 0 aliphatic rings. The van der Waals surface area contributed by atoms with Crippen molar-refractivity contribution in [1.29, 1.82) is 0 Å². The third-order valence-corrected chi connectivity index (χ3v) is 5.14. The van der Waals surface area contributed by atoms with Gasteiger partial charge in [0.15, 0.2) is 0 Å². The van der Waals surface area contributed by atoms with E-state index in [0.29, 0.717) is 15.1 Å². The lowest BCUT2D eigenvalue weighted by Crippen LogP contribution is -2.02. The Bertz CT molecular complexity index is 1050. The average molecular weight is 426 g/mol. The second-order valence-electron chi connectivity index (χ2n) is 6.21. The van der Waals surface area contributed by atoms with E-state index in [1.807, 2.05) is 83.6 Å². The van der Waals surface area contributed by atoms with Crippen LogP contribution in [-0.2, 0) is 0 Å². The lowest BCUT2D eigenvalue weighted by atomic mass is 9.93. The SMILES string of the molecule is Clc1ccc(C(=C(c2ccc(Cl)cc2)n2ccnc2)c2ccc(Cl)cc2)cc1. The Balaban J connectivity index is 2.06. The van der Waals surface area contributed by atoms with E-state index >= 15 is 0 Å². The van der Waals surface area contributed by atoms with Gasteiger partial charge in [-0.25, -0.2) is 4.98 Å². The summed E-state index contributed by atoms with van der Waals surface area (Å²) in [5.41, 5.74) is 5.10. The van der Waals surface area contributed by atoms with Gasteiger partial charge in [0.05, 0.1) is 12.0 Å². The first-order valence-electron chi connectivity index (χ1n) is 8.62. The molecular weight excluding hydrogens is 411 g/mol. The molecule has 0 aliphatic carbocycles. The molecule has 0 N–H and O–H groups in total. The normalized spacial score (nSPS) is 10.7. The van der Waals surface area contributed by atoms with Crippen molar-refractivity contribution in [2.45, 2.75) is 0 Å². The first kappa shape index (κ1) is 18.8. The van der Waals surface area contributed by atoms with E-state index in [0.717, 1.165) is 28.0 Å². The number of hydrogen-bond donors (Lipinski definition) is 0. The fourth-order valence-electron chi connectivity index (χ4n) is 3.09. The molecule has 2 nitrogen and oxygen atoms in total. The predicted octanol–water partition coefficient (Wildman–Crippen LogP) is 7.31. The van der Waals surface area contributed by atoms with Crippen LogP contribution < -0.4 is 0 Å². The average Bonchev–Trinajstić information content (AvgIpc) is 3.23. The number of nitrogens with zero attached hydrogens (tertiary/aromatic N) is 2. The minimum absolute atomic E-state index is 0.688. The number of rotatable bonds is 4. The summed E-state index contributed by atoms with van der Waals surface area (Å²) in [6, 6.07) is 23.4. The van der Waals surface area contributed by atoms with Gasteiger partial charge in [-0.1, -0.05) is 71.2 Å². The molecule has 28 heavy (non-hydrogen) atoms. The zero-order valence-electron chi connectivity index (χ0n) is 14.7. The highest BCUT2D eigenvalue weighted by molar-refractivity contribution is 6.31. The largest absolute Gasteiger partial charge is 0.305 e. The molecule has 0 atom stereocenters. The van der Waals surface area contributed by atoms with Crippen molar-refractivity contribution < 1.29 is 0 Å². The molecule has 3 aromatic carbocycles. The quantitative estimate of drug-likeness (QED) is 0.313. The third-order valence-electron chi connectivity index (χ3n) is 4.38. The van der Waals surface area contributed by atoms with Gasteiger partial charge in [-0.3, -0.25) is 0 Å². The van der Waals surface area contributed by atoms with Gasteiger partial charge >= 0.3 is 0 Å². The first-order valence-corrected chi connectivity index (χ1v) is 9.75. The number of aromatic nitrogens is 2. The molecule has 0 saturated heterocycles. The second-order valence-corrected chi connectivity index (χ2v) is 7.52. The highest BCUT2D eigenvalue weighted by Gasteiger charge is 2.16. The third kappa shape index (κ3) is 4.00. The van der Waals surface area contributed by atoms with Crippen LogP contribution in [0, 0.1) is 0 Å². The molecule has 138 valence electrons. The van der Waals surface area contributed by atoms with Crippen molar-refractivity contribution in [2.24, 2.45) is 0 Å². The van der Waals surface area contributed by atoms with Crippen molar-refractivity contribution in [3.63, 3.8) is 0 Å². The maximum absolute atomic E-state index is 6.13. The summed E-state index contributed by atoms with van der Waals surface area (Å²) in [6.07, 6.45) is 5.48. The molecule has 1 heterocycles. The molecule has 4 aromatic rings. The Morgan fingerprint density at radius 2 is 1.04 bits per heavy atom. The van der Waals surface area contributed by atoms with Crippen LogP contribution in [0.2, 0.25) is 15.1 Å². The Hall–Kier alpha value is -2.52. The van der Waals surface area contributed by atoms with Crippen molar-refractivity contribution >= 4 is 46.1 Å². The van der Waals surface area contributed by atoms with Gasteiger partial charge in [0.25, 0.3) is 0 Å². The maximum atomic E-state index is 6.13. The number of imidazole rings is 1. The highest BCUT2D eigenvalue weighted by atomic mass is 35.5. The summed E-state index contributed by atoms with van der Waals surface area (Å²) in [4.78, 5) is 4.24. The molecule has 0 radical (unpaired) electrons. The monoisotopic (exact) mass is 424 g/mol. The summed E-state index contributed by atoms with van der Waals surface area (Å²) in [5.74, 6) is 0. The molecule has 0 unspecified atom stereocenters. The van der Waals surface area contributed by atoms with Crippen molar-refractivity contribution in [3.05, 3.63) is 123 Å². The van der Waals surface area contributed by atoms with Crippen LogP contribution >= 0.6 is 34.8 Å². The molecule has 4 rings (SSSR count). The van der Waals surface area contributed by atoms with Gasteiger partial charge < -0.3 is 4.57 Å². The van der Waals surface area contributed by atoms with Gasteiger partial charge in [-0.05, 0) is 53.1 Å². The van der Waals surface area contributed by atoms with Crippen LogP contribution in [0.15, 0.2) is 91.5 Å². The van der Waals surface area contributed by atoms with Gasteiger partial charge in [0.1, 0.15) is 0 Å². The molecule has 0 bridgehead atoms. The van der Waals surface area contributed by atoms with Gasteiger partial charge in [0.2, 0.25) is 0 Å². The Morgan fingerprint density at radius 1 is 0.607 bits per heavy atom. The van der Waals surface area contributed by atoms with E-state index in [2.05, 4.69) is 4.98 Å². The summed E-state index contributed by atoms with van der Waals surface area (Å²) in [6.45, 7) is 0. The minimum atomic E-state index is 0.688. The minimum Gasteiger partial charge on any atom is -0.305 e. The summed E-state index contributed by atoms with van der Waals surface area (Å²) in [7, 11) is 0. The summed E-state index contributed by atoms with van der Waals surface area (Å²) >= 11 is 18.4. The van der Waals surface area contributed by atoms with Crippen LogP contribution in [0.3, 0.4) is 0 Å². The number of hydrogen-bond acceptors (Lipinski definition) is 1. The fraction of sp³-hybridized carbons (Fsp3) is 0. The van der Waals surface area contributed by atoms with E-state index in [-0.39, 0.29) is 0 Å². The Morgan fingerprint density at radius 3 is 1.43 bits per heavy atom. The zero-order valence-corrected chi connectivity index (χ0v) is 17.0. The van der Waals surface area contributed by atoms with Crippen molar-refractivity contribution in [2.75, 3.05) is 0 Å². The Kier molecular flexibility index (Phi) is 5.54. The van der Waals surface area contributed by atoms with Crippen molar-refractivity contribution in [1.82, 2.24) is 9.55 Å². The van der Waals surface area contributed by atoms with Gasteiger partial charge in [-0.15, -0.1) is 0 Å². The van der Waals surface area contributed by atoms with Crippen LogP contribution in [0.1, 0.15) is 16.7 Å². The van der Waals surface area contributed by atoms with Crippen LogP contribution in [0.5, 0.6) is 0 Å². The maximum Gasteiger partial charge on any atom is 0.0992 e. The van der Waals surface area contributed by atoms with E-state index in [1.54, 1.807) is 12.5 Å². The Labute approximate surface area is 178 Å². The fourth-order valence-corrected chi connectivity index (χ4v) is 3.47. The lowest BCUT2D eigenvalue weighted by molar-refractivity contribution is 1.09. The molecular formula is C23H15Cl3N2. The predicted molar refractivity (Wildman–Crippen MR) is 118 cm³/mol. The molecule has 0 spiro atoms. The zero-order chi connectivity index (χ0) is 19.5. The highest BCUT2D eigenvalue weighted by Crippen LogP contribution is 2.34. The second kappa shape index (κ2) is 8.24. The number of halogens is 3. The van der Waals surface area contributed by atoms with E-state index in [9.17, 15) is 0 Å². The van der Waals surface area contributed by atoms with Crippen LogP contribution in [0.25, 0.3) is 11.3 Å². The molecule has 0 aliphatic heterocycles. The topological polar surface area (TPSA) is 17.8 Å². The van der Waals surface area contributed by atoms with E-state index in [4.69, 9.17) is 34.8 Å². The standard InChI is InChI=1S/C23H15Cl3N2/c24-19-7-1-16(2-8-19)22(17-3-9-20(25)10-4-17)23(28-14-13-27-15-28)18-5-11-21(26)12-6-18/h1-15H. The summed E-state index contributed by atoms with van der Waals surface area (Å²) < 4.78 is 2.00. The van der Waals surface area contributed by atoms with Crippen LogP contribution in [0.4, 0.5) is 0 Å². The summed E-state index contributed by atoms with van der Waals surface area (Å²) in [5, 5.41) is 2.07. The number of benzene rings is 3. The molecule has 0 saturated carbocycles. The van der Waals surface area contributed by atoms with Crippen molar-refractivity contribution in [3.8, 4) is 0 Å². The van der Waals surface area contributed by atoms with E-state index in [1.165, 1.54) is 0 Å². The molecule has 0 fully saturated rings. The first-order chi connectivity index (χ1) is 13.6. The van der Waals surface area contributed by atoms with E-state index < -0.39 is 0 Å².